The molecule has 3 N–H and O–H groups in total. The first-order chi connectivity index (χ1) is 11.3. The fourth-order valence-electron chi connectivity index (χ4n) is 4.62. The fraction of sp³-hybridized carbons (Fsp3) is 0.526. The van der Waals surface area contributed by atoms with E-state index in [4.69, 9.17) is 5.73 Å². The van der Waals surface area contributed by atoms with E-state index in [9.17, 15) is 9.59 Å². The van der Waals surface area contributed by atoms with Crippen LogP contribution in [0.25, 0.3) is 0 Å². The maximum absolute atomic E-state index is 13.2. The van der Waals surface area contributed by atoms with E-state index in [-0.39, 0.29) is 28.4 Å². The van der Waals surface area contributed by atoms with Crippen molar-refractivity contribution < 1.29 is 9.59 Å². The molecular formula is C19H25N3O2. The van der Waals surface area contributed by atoms with E-state index in [2.05, 4.69) is 31.3 Å². The van der Waals surface area contributed by atoms with Crippen LogP contribution in [0.1, 0.15) is 39.2 Å². The van der Waals surface area contributed by atoms with E-state index >= 15 is 0 Å². The molecule has 0 unspecified atom stereocenters. The van der Waals surface area contributed by atoms with Crippen LogP contribution < -0.4 is 11.2 Å². The third-order valence-corrected chi connectivity index (χ3v) is 6.43. The Kier molecular flexibility index (Phi) is 3.98. The number of nitrogens with two attached hydrogens (primary N) is 1. The van der Waals surface area contributed by atoms with Crippen LogP contribution in [0.15, 0.2) is 35.4 Å². The van der Waals surface area contributed by atoms with Crippen molar-refractivity contribution in [1.29, 1.82) is 0 Å². The molecule has 0 aromatic heterocycles. The minimum absolute atomic E-state index is 0.0566. The smallest absolute Gasteiger partial charge is 0.332 e. The van der Waals surface area contributed by atoms with Crippen LogP contribution in [-0.2, 0) is 11.2 Å². The van der Waals surface area contributed by atoms with Crippen LogP contribution in [0.4, 0.5) is 4.79 Å². The molecule has 1 aromatic rings. The number of amides is 2. The Balaban J connectivity index is 1.96. The van der Waals surface area contributed by atoms with E-state index in [1.807, 2.05) is 30.3 Å². The summed E-state index contributed by atoms with van der Waals surface area (Å²) in [6, 6.07) is 9.18. The van der Waals surface area contributed by atoms with Gasteiger partial charge in [0.1, 0.15) is 5.78 Å². The number of hydrogen-bond donors (Lipinski definition) is 2. The molecule has 0 spiro atoms. The van der Waals surface area contributed by atoms with Crippen LogP contribution in [0, 0.1) is 22.7 Å². The van der Waals surface area contributed by atoms with Crippen molar-refractivity contribution in [2.45, 2.75) is 40.0 Å². The Morgan fingerprint density at radius 2 is 1.96 bits per heavy atom. The standard InChI is InChI=1S/C19H25N3O2/c1-18(2)13-9-10-19(18,3)16(23)15(13)14(21-22-17(20)24)11-12-7-5-4-6-8-12/h4-8,13,15H,9-11H2,1-3H3,(H3,20,22,24)/t13-,15+,19+/m1/s1. The van der Waals surface area contributed by atoms with Crippen molar-refractivity contribution in [3.8, 4) is 0 Å². The second-order valence-electron chi connectivity index (χ2n) is 7.78. The zero-order chi connectivity index (χ0) is 17.5. The number of fused-ring (bicyclic) bond motifs is 2. The second-order valence-corrected chi connectivity index (χ2v) is 7.78. The maximum atomic E-state index is 13.2. The van der Waals surface area contributed by atoms with Crippen LogP contribution in [0.5, 0.6) is 0 Å². The fourth-order valence-corrected chi connectivity index (χ4v) is 4.62. The van der Waals surface area contributed by atoms with Gasteiger partial charge < -0.3 is 5.73 Å². The van der Waals surface area contributed by atoms with Gasteiger partial charge in [0.25, 0.3) is 0 Å². The number of nitrogens with one attached hydrogen (secondary N) is 1. The summed E-state index contributed by atoms with van der Waals surface area (Å²) in [7, 11) is 0. The molecule has 0 heterocycles. The van der Waals surface area contributed by atoms with E-state index in [0.29, 0.717) is 12.1 Å². The average molecular weight is 327 g/mol. The Hall–Kier alpha value is -2.17. The Morgan fingerprint density at radius 1 is 1.29 bits per heavy atom. The number of hydrogen-bond acceptors (Lipinski definition) is 3. The number of rotatable bonds is 4. The molecule has 2 saturated carbocycles. The van der Waals surface area contributed by atoms with Gasteiger partial charge in [-0.25, -0.2) is 10.2 Å². The van der Waals surface area contributed by atoms with Crippen LogP contribution in [0.3, 0.4) is 0 Å². The van der Waals surface area contributed by atoms with Crippen molar-refractivity contribution in [3.63, 3.8) is 0 Å². The molecule has 128 valence electrons. The third kappa shape index (κ3) is 2.43. The van der Waals surface area contributed by atoms with Gasteiger partial charge >= 0.3 is 6.03 Å². The minimum Gasteiger partial charge on any atom is -0.350 e. The largest absolute Gasteiger partial charge is 0.350 e. The highest BCUT2D eigenvalue weighted by Gasteiger charge is 2.67. The molecule has 0 aliphatic heterocycles. The van der Waals surface area contributed by atoms with Crippen LogP contribution in [-0.4, -0.2) is 17.5 Å². The van der Waals surface area contributed by atoms with Gasteiger partial charge in [0.05, 0.1) is 11.6 Å². The number of Topliss-reactive ketones (excluding diaryl/α,β-unsaturated/α-hetero) is 1. The number of benzene rings is 1. The molecule has 1 aromatic carbocycles. The molecule has 0 saturated heterocycles. The Bertz CT molecular complexity index is 696. The number of nitrogens with zero attached hydrogens (tertiary/aromatic N) is 1. The monoisotopic (exact) mass is 327 g/mol. The van der Waals surface area contributed by atoms with Gasteiger partial charge in [0.15, 0.2) is 0 Å². The van der Waals surface area contributed by atoms with Crippen molar-refractivity contribution in [2.75, 3.05) is 0 Å². The van der Waals surface area contributed by atoms with E-state index < -0.39 is 6.03 Å². The molecule has 0 radical (unpaired) electrons. The molecule has 2 aliphatic rings. The van der Waals surface area contributed by atoms with Gasteiger partial charge in [-0.1, -0.05) is 51.1 Å². The summed E-state index contributed by atoms with van der Waals surface area (Å²) in [6.07, 6.45) is 2.49. The third-order valence-electron chi connectivity index (χ3n) is 6.43. The molecule has 5 nitrogen and oxygen atoms in total. The molecule has 5 heteroatoms. The molecular weight excluding hydrogens is 302 g/mol. The molecule has 24 heavy (non-hydrogen) atoms. The summed E-state index contributed by atoms with van der Waals surface area (Å²) < 4.78 is 0. The van der Waals surface area contributed by atoms with Gasteiger partial charge in [-0.15, -0.1) is 0 Å². The lowest BCUT2D eigenvalue weighted by atomic mass is 9.70. The zero-order valence-electron chi connectivity index (χ0n) is 14.5. The van der Waals surface area contributed by atoms with Gasteiger partial charge in [0, 0.05) is 11.8 Å². The highest BCUT2D eigenvalue weighted by atomic mass is 16.2. The summed E-state index contributed by atoms with van der Waals surface area (Å²) in [6.45, 7) is 6.45. The zero-order valence-corrected chi connectivity index (χ0v) is 14.5. The van der Waals surface area contributed by atoms with Crippen molar-refractivity contribution >= 4 is 17.5 Å². The number of primary amides is 1. The van der Waals surface area contributed by atoms with Crippen molar-refractivity contribution in [3.05, 3.63) is 35.9 Å². The minimum atomic E-state index is -0.707. The van der Waals surface area contributed by atoms with Crippen molar-refractivity contribution in [2.24, 2.45) is 33.5 Å². The van der Waals surface area contributed by atoms with E-state index in [0.717, 1.165) is 18.4 Å². The molecule has 2 fully saturated rings. The van der Waals surface area contributed by atoms with Crippen LogP contribution in [0.2, 0.25) is 0 Å². The first-order valence-electron chi connectivity index (χ1n) is 8.47. The summed E-state index contributed by atoms with van der Waals surface area (Å²) in [4.78, 5) is 24.3. The molecule has 2 amide bonds. The van der Waals surface area contributed by atoms with Gasteiger partial charge in [0.2, 0.25) is 0 Å². The van der Waals surface area contributed by atoms with Crippen molar-refractivity contribution in [1.82, 2.24) is 5.43 Å². The highest BCUT2D eigenvalue weighted by Crippen LogP contribution is 2.66. The average Bonchev–Trinajstić information content (AvgIpc) is 2.85. The van der Waals surface area contributed by atoms with E-state index in [1.165, 1.54) is 0 Å². The predicted molar refractivity (Wildman–Crippen MR) is 93.4 cm³/mol. The normalized spacial score (nSPS) is 31.3. The van der Waals surface area contributed by atoms with Gasteiger partial charge in [-0.05, 0) is 29.7 Å². The molecule has 2 aliphatic carbocycles. The summed E-state index contributed by atoms with van der Waals surface area (Å²) >= 11 is 0. The maximum Gasteiger partial charge on any atom is 0.332 e. The summed E-state index contributed by atoms with van der Waals surface area (Å²) in [5.74, 6) is 0.266. The Morgan fingerprint density at radius 3 is 2.50 bits per heavy atom. The lowest BCUT2D eigenvalue weighted by molar-refractivity contribution is -0.129. The Labute approximate surface area is 142 Å². The number of carbonyl (C=O) groups is 2. The topological polar surface area (TPSA) is 84.6 Å². The quantitative estimate of drug-likeness (QED) is 0.658. The molecule has 3 atom stereocenters. The highest BCUT2D eigenvalue weighted by molar-refractivity contribution is 6.11. The lowest BCUT2D eigenvalue weighted by Gasteiger charge is -2.32. The lowest BCUT2D eigenvalue weighted by Crippen LogP contribution is -2.37. The first kappa shape index (κ1) is 16.7. The number of carbonyl (C=O) groups excluding carboxylic acids is 2. The van der Waals surface area contributed by atoms with Crippen LogP contribution >= 0.6 is 0 Å². The number of ketones is 1. The predicted octanol–water partition coefficient (Wildman–Crippen LogP) is 2.89. The van der Waals surface area contributed by atoms with Gasteiger partial charge in [-0.2, -0.15) is 5.10 Å². The molecule has 3 rings (SSSR count). The second kappa shape index (κ2) is 5.72. The van der Waals surface area contributed by atoms with E-state index in [1.54, 1.807) is 0 Å². The summed E-state index contributed by atoms with van der Waals surface area (Å²) in [5.41, 5.74) is 8.93. The number of urea groups is 1. The molecule has 2 bridgehead atoms. The first-order valence-corrected chi connectivity index (χ1v) is 8.47. The SMILES string of the molecule is CC1(C)[C@@H]2CC[C@@]1(C)C(=O)[C@@H]2C(Cc1ccccc1)=NNC(N)=O. The number of hydrazone groups is 1. The van der Waals surface area contributed by atoms with Gasteiger partial charge in [-0.3, -0.25) is 4.79 Å². The summed E-state index contributed by atoms with van der Waals surface area (Å²) in [5, 5.41) is 4.24.